The second-order valence-electron chi connectivity index (χ2n) is 5.72. The summed E-state index contributed by atoms with van der Waals surface area (Å²) in [7, 11) is -3.80. The second-order valence-corrected chi connectivity index (χ2v) is 7.40. The van der Waals surface area contributed by atoms with Crippen LogP contribution in [0.3, 0.4) is 0 Å². The number of amides is 1. The maximum absolute atomic E-state index is 12.3. The van der Waals surface area contributed by atoms with Crippen molar-refractivity contribution in [3.8, 4) is 0 Å². The monoisotopic (exact) mass is 375 g/mol. The van der Waals surface area contributed by atoms with E-state index in [0.29, 0.717) is 11.4 Å². The van der Waals surface area contributed by atoms with E-state index in [1.165, 1.54) is 24.5 Å². The largest absolute Gasteiger partial charge is 0.320 e. The zero-order valence-electron chi connectivity index (χ0n) is 14.0. The lowest BCUT2D eigenvalue weighted by molar-refractivity contribution is -0.123. The first-order chi connectivity index (χ1) is 12.3. The van der Waals surface area contributed by atoms with Crippen LogP contribution in [-0.4, -0.2) is 35.5 Å². The molecule has 136 valence electrons. The minimum Gasteiger partial charge on any atom is -0.320 e. The Hall–Kier alpha value is -3.05. The van der Waals surface area contributed by atoms with Crippen LogP contribution >= 0.6 is 0 Å². The van der Waals surface area contributed by atoms with Crippen molar-refractivity contribution < 1.29 is 13.2 Å². The fourth-order valence-corrected chi connectivity index (χ4v) is 3.07. The Morgan fingerprint density at radius 2 is 1.77 bits per heavy atom. The number of nitrogens with zero attached hydrogens (tertiary/aromatic N) is 3. The maximum Gasteiger partial charge on any atom is 0.267 e. The highest BCUT2D eigenvalue weighted by molar-refractivity contribution is 7.92. The molecular formula is C15H17N7O3S. The highest BCUT2D eigenvalue weighted by atomic mass is 32.2. The molecule has 0 aliphatic carbocycles. The van der Waals surface area contributed by atoms with E-state index in [9.17, 15) is 13.2 Å². The molecule has 1 aliphatic rings. The van der Waals surface area contributed by atoms with Crippen molar-refractivity contribution in [2.24, 2.45) is 5.10 Å². The second kappa shape index (κ2) is 6.69. The lowest BCUT2D eigenvalue weighted by Crippen LogP contribution is -2.56. The summed E-state index contributed by atoms with van der Waals surface area (Å²) in [5, 5.41) is 3.88. The molecule has 1 unspecified atom stereocenters. The topological polar surface area (TPSA) is 137 Å². The van der Waals surface area contributed by atoms with Crippen molar-refractivity contribution in [2.75, 3.05) is 10.1 Å². The Morgan fingerprint density at radius 1 is 1.12 bits per heavy atom. The molecule has 10 nitrogen and oxygen atoms in total. The number of carbonyl (C=O) groups excluding carboxylic acids is 1. The van der Waals surface area contributed by atoms with Crippen LogP contribution < -0.4 is 21.0 Å². The maximum atomic E-state index is 12.3. The Kier molecular flexibility index (Phi) is 4.57. The molecule has 26 heavy (non-hydrogen) atoms. The molecule has 2 heterocycles. The van der Waals surface area contributed by atoms with Gasteiger partial charge in [-0.2, -0.15) is 5.10 Å². The van der Waals surface area contributed by atoms with E-state index in [1.807, 2.05) is 0 Å². The van der Waals surface area contributed by atoms with E-state index in [2.05, 4.69) is 36.1 Å². The molecule has 1 aromatic carbocycles. The van der Waals surface area contributed by atoms with Gasteiger partial charge in [-0.25, -0.2) is 34.0 Å². The molecule has 1 amide bonds. The van der Waals surface area contributed by atoms with Crippen molar-refractivity contribution in [1.29, 1.82) is 0 Å². The number of sulfonamides is 1. The third-order valence-electron chi connectivity index (χ3n) is 3.92. The molecule has 1 atom stereocenters. The van der Waals surface area contributed by atoms with Gasteiger partial charge in [0, 0.05) is 18.1 Å². The number of carbonyl (C=O) groups is 1. The van der Waals surface area contributed by atoms with E-state index >= 15 is 0 Å². The minimum absolute atomic E-state index is 0.00805. The van der Waals surface area contributed by atoms with Gasteiger partial charge in [-0.15, -0.1) is 0 Å². The molecule has 4 N–H and O–H groups in total. The average Bonchev–Trinajstić information content (AvgIpc) is 2.88. The molecule has 0 bridgehead atoms. The number of rotatable bonds is 6. The van der Waals surface area contributed by atoms with Gasteiger partial charge >= 0.3 is 0 Å². The number of nitrogens with one attached hydrogen (secondary N) is 4. The van der Waals surface area contributed by atoms with Crippen LogP contribution in [0.5, 0.6) is 0 Å². The van der Waals surface area contributed by atoms with Gasteiger partial charge in [-0.1, -0.05) is 0 Å². The molecule has 0 saturated heterocycles. The van der Waals surface area contributed by atoms with Gasteiger partial charge < -0.3 is 5.43 Å². The van der Waals surface area contributed by atoms with E-state index in [4.69, 9.17) is 0 Å². The molecule has 2 aromatic rings. The predicted octanol–water partition coefficient (Wildman–Crippen LogP) is 0.458. The van der Waals surface area contributed by atoms with Gasteiger partial charge in [0.15, 0.2) is 5.54 Å². The third-order valence-corrected chi connectivity index (χ3v) is 5.26. The zero-order valence-corrected chi connectivity index (χ0v) is 14.8. The Balaban J connectivity index is 1.69. The Bertz CT molecular complexity index is 945. The van der Waals surface area contributed by atoms with Gasteiger partial charge in [0.2, 0.25) is 5.95 Å². The highest BCUT2D eigenvalue weighted by Crippen LogP contribution is 2.17. The van der Waals surface area contributed by atoms with Gasteiger partial charge in [0.05, 0.1) is 10.6 Å². The van der Waals surface area contributed by atoms with Gasteiger partial charge in [0.1, 0.15) is 0 Å². The summed E-state index contributed by atoms with van der Waals surface area (Å²) >= 11 is 0. The lowest BCUT2D eigenvalue weighted by atomic mass is 9.98. The van der Waals surface area contributed by atoms with Crippen LogP contribution in [0.2, 0.25) is 0 Å². The van der Waals surface area contributed by atoms with Crippen LogP contribution in [0.15, 0.2) is 52.7 Å². The summed E-state index contributed by atoms with van der Waals surface area (Å²) in [6.45, 7) is 3.41. The molecule has 0 saturated carbocycles. The standard InChI is InChI=1S/C15H17N7O3S/c1-10-15(2,13(23)20-18-10)22-19-11-4-6-12(7-5-11)26(24,25)21-14-16-8-3-9-17-14/h3-9,19,22H,1-2H3,(H,20,23)(H,16,17,21). The Labute approximate surface area is 150 Å². The van der Waals surface area contributed by atoms with E-state index in [-0.39, 0.29) is 16.8 Å². The van der Waals surface area contributed by atoms with Crippen LogP contribution in [0.4, 0.5) is 11.6 Å². The van der Waals surface area contributed by atoms with Gasteiger partial charge in [-0.05, 0) is 44.2 Å². The van der Waals surface area contributed by atoms with Gasteiger partial charge in [-0.3, -0.25) is 4.79 Å². The summed E-state index contributed by atoms with van der Waals surface area (Å²) in [6, 6.07) is 7.57. The molecule has 0 spiro atoms. The molecular weight excluding hydrogens is 358 g/mol. The quantitative estimate of drug-likeness (QED) is 0.538. The summed E-state index contributed by atoms with van der Waals surface area (Å²) < 4.78 is 26.9. The SMILES string of the molecule is CC1=NNC(=O)C1(C)NNc1ccc(S(=O)(=O)Nc2ncccn2)cc1. The minimum atomic E-state index is -3.80. The van der Waals surface area contributed by atoms with E-state index < -0.39 is 15.6 Å². The van der Waals surface area contributed by atoms with Crippen molar-refractivity contribution in [3.63, 3.8) is 0 Å². The summed E-state index contributed by atoms with van der Waals surface area (Å²) in [6.07, 6.45) is 2.88. The highest BCUT2D eigenvalue weighted by Gasteiger charge is 2.40. The number of hydrogen-bond acceptors (Lipinski definition) is 8. The first kappa shape index (κ1) is 17.8. The predicted molar refractivity (Wildman–Crippen MR) is 95.7 cm³/mol. The smallest absolute Gasteiger partial charge is 0.267 e. The fourth-order valence-electron chi connectivity index (χ4n) is 2.12. The molecule has 0 radical (unpaired) electrons. The summed E-state index contributed by atoms with van der Waals surface area (Å²) in [5.74, 6) is -0.292. The average molecular weight is 375 g/mol. The van der Waals surface area contributed by atoms with Crippen molar-refractivity contribution in [3.05, 3.63) is 42.7 Å². The molecule has 1 aromatic heterocycles. The number of hydrazone groups is 1. The first-order valence-corrected chi connectivity index (χ1v) is 9.08. The normalized spacial score (nSPS) is 19.6. The zero-order chi connectivity index (χ0) is 18.8. The summed E-state index contributed by atoms with van der Waals surface area (Å²) in [4.78, 5) is 19.6. The van der Waals surface area contributed by atoms with E-state index in [0.717, 1.165) is 0 Å². The van der Waals surface area contributed by atoms with Crippen LogP contribution in [0.1, 0.15) is 13.8 Å². The number of benzene rings is 1. The number of aromatic nitrogens is 2. The Morgan fingerprint density at radius 3 is 2.35 bits per heavy atom. The number of anilines is 2. The van der Waals surface area contributed by atoms with Crippen LogP contribution in [0, 0.1) is 0 Å². The van der Waals surface area contributed by atoms with Crippen molar-refractivity contribution in [1.82, 2.24) is 20.8 Å². The number of hydrogen-bond donors (Lipinski definition) is 4. The number of hydrazine groups is 1. The summed E-state index contributed by atoms with van der Waals surface area (Å²) in [5.41, 5.74) is 8.35. The third kappa shape index (κ3) is 3.48. The first-order valence-electron chi connectivity index (χ1n) is 7.59. The van der Waals surface area contributed by atoms with Crippen LogP contribution in [0.25, 0.3) is 0 Å². The van der Waals surface area contributed by atoms with Crippen molar-refractivity contribution in [2.45, 2.75) is 24.3 Å². The van der Waals surface area contributed by atoms with Crippen LogP contribution in [-0.2, 0) is 14.8 Å². The molecule has 11 heteroatoms. The molecule has 1 aliphatic heterocycles. The lowest BCUT2D eigenvalue weighted by Gasteiger charge is -2.24. The van der Waals surface area contributed by atoms with Gasteiger partial charge in [0.25, 0.3) is 15.9 Å². The van der Waals surface area contributed by atoms with E-state index in [1.54, 1.807) is 32.0 Å². The molecule has 0 fully saturated rings. The molecule has 3 rings (SSSR count). The fraction of sp³-hybridized carbons (Fsp3) is 0.200. The van der Waals surface area contributed by atoms with Crippen molar-refractivity contribution >= 4 is 33.3 Å².